The molecule has 0 saturated carbocycles. The smallest absolute Gasteiger partial charge is 0.0641 e. The van der Waals surface area contributed by atoms with Gasteiger partial charge in [-0.2, -0.15) is 5.10 Å². The highest BCUT2D eigenvalue weighted by Gasteiger charge is 2.17. The van der Waals surface area contributed by atoms with E-state index in [1.54, 1.807) is 0 Å². The first-order valence-electron chi connectivity index (χ1n) is 5.75. The number of nitrogens with zero attached hydrogens (tertiary/aromatic N) is 1. The van der Waals surface area contributed by atoms with Crippen molar-refractivity contribution in [3.05, 3.63) is 59.2 Å². The third-order valence-electron chi connectivity index (χ3n) is 3.41. The van der Waals surface area contributed by atoms with Gasteiger partial charge in [-0.05, 0) is 47.2 Å². The molecule has 0 amide bonds. The van der Waals surface area contributed by atoms with Crippen LogP contribution in [0.1, 0.15) is 23.6 Å². The van der Waals surface area contributed by atoms with E-state index in [2.05, 4.69) is 47.6 Å². The Balaban J connectivity index is 2.13. The molecule has 2 aromatic rings. The molecule has 0 fully saturated rings. The van der Waals surface area contributed by atoms with Crippen LogP contribution in [0, 0.1) is 0 Å². The lowest BCUT2D eigenvalue weighted by Crippen LogP contribution is -1.99. The van der Waals surface area contributed by atoms with Gasteiger partial charge >= 0.3 is 0 Å². The van der Waals surface area contributed by atoms with Crippen LogP contribution in [0.5, 0.6) is 0 Å². The van der Waals surface area contributed by atoms with Crippen LogP contribution in [-0.2, 0) is 6.42 Å². The third kappa shape index (κ3) is 1.53. The molecule has 0 radical (unpaired) electrons. The highest BCUT2D eigenvalue weighted by Crippen LogP contribution is 2.36. The summed E-state index contributed by atoms with van der Waals surface area (Å²) in [6.45, 7) is 1.93. The van der Waals surface area contributed by atoms with E-state index < -0.39 is 0 Å². The molecule has 0 heterocycles. The molecule has 2 aromatic carbocycles. The van der Waals surface area contributed by atoms with Crippen LogP contribution >= 0.6 is 0 Å². The summed E-state index contributed by atoms with van der Waals surface area (Å²) in [4.78, 5) is 0. The van der Waals surface area contributed by atoms with Crippen molar-refractivity contribution in [2.24, 2.45) is 10.9 Å². The summed E-state index contributed by atoms with van der Waals surface area (Å²) in [6, 6.07) is 15.0. The average molecular weight is 222 g/mol. The van der Waals surface area contributed by atoms with E-state index in [4.69, 9.17) is 5.84 Å². The number of hydrogen-bond donors (Lipinski definition) is 1. The lowest BCUT2D eigenvalue weighted by atomic mass is 10.0. The molecule has 1 aliphatic rings. The van der Waals surface area contributed by atoms with E-state index in [0.29, 0.717) is 0 Å². The van der Waals surface area contributed by atoms with Crippen LogP contribution in [0.2, 0.25) is 0 Å². The fourth-order valence-electron chi connectivity index (χ4n) is 2.44. The van der Waals surface area contributed by atoms with E-state index in [9.17, 15) is 0 Å². The minimum atomic E-state index is 0.878. The van der Waals surface area contributed by atoms with Gasteiger partial charge < -0.3 is 5.84 Å². The monoisotopic (exact) mass is 222 g/mol. The quantitative estimate of drug-likeness (QED) is 0.384. The van der Waals surface area contributed by atoms with Crippen molar-refractivity contribution in [1.29, 1.82) is 0 Å². The van der Waals surface area contributed by atoms with Crippen molar-refractivity contribution in [2.75, 3.05) is 0 Å². The second kappa shape index (κ2) is 3.74. The van der Waals surface area contributed by atoms with Gasteiger partial charge in [0.25, 0.3) is 0 Å². The largest absolute Gasteiger partial charge is 0.323 e. The number of hydrazone groups is 1. The van der Waals surface area contributed by atoms with Crippen molar-refractivity contribution >= 4 is 5.71 Å². The van der Waals surface area contributed by atoms with Crippen LogP contribution < -0.4 is 5.84 Å². The molecular weight excluding hydrogens is 208 g/mol. The molecule has 3 rings (SSSR count). The zero-order valence-corrected chi connectivity index (χ0v) is 9.77. The maximum atomic E-state index is 5.32. The number of benzene rings is 2. The minimum absolute atomic E-state index is 0.878. The second-order valence-electron chi connectivity index (χ2n) is 4.42. The number of nitrogens with two attached hydrogens (primary N) is 1. The summed E-state index contributed by atoms with van der Waals surface area (Å²) in [5.74, 6) is 5.32. The summed E-state index contributed by atoms with van der Waals surface area (Å²) in [7, 11) is 0. The first-order valence-corrected chi connectivity index (χ1v) is 5.75. The molecule has 2 heteroatoms. The topological polar surface area (TPSA) is 38.4 Å². The van der Waals surface area contributed by atoms with Crippen LogP contribution in [-0.4, -0.2) is 5.71 Å². The van der Waals surface area contributed by atoms with Crippen molar-refractivity contribution < 1.29 is 0 Å². The van der Waals surface area contributed by atoms with Gasteiger partial charge in [-0.3, -0.25) is 0 Å². The highest BCUT2D eigenvalue weighted by molar-refractivity contribution is 5.99. The maximum Gasteiger partial charge on any atom is 0.0641 e. The summed E-state index contributed by atoms with van der Waals surface area (Å²) >= 11 is 0. The molecule has 1 aliphatic carbocycles. The standard InChI is InChI=1S/C15H14N2/c1-10(17-16)11-6-7-15-13(8-11)9-12-4-2-3-5-14(12)15/h2-8H,9,16H2,1H3/b17-10+. The molecule has 2 N–H and O–H groups in total. The normalized spacial score (nSPS) is 13.4. The second-order valence-corrected chi connectivity index (χ2v) is 4.42. The molecule has 84 valence electrons. The molecule has 0 bridgehead atoms. The van der Waals surface area contributed by atoms with Crippen LogP contribution in [0.25, 0.3) is 11.1 Å². The van der Waals surface area contributed by atoms with E-state index >= 15 is 0 Å². The van der Waals surface area contributed by atoms with Gasteiger partial charge in [0, 0.05) is 0 Å². The number of fused-ring (bicyclic) bond motifs is 3. The van der Waals surface area contributed by atoms with Crippen LogP contribution in [0.3, 0.4) is 0 Å². The molecule has 2 nitrogen and oxygen atoms in total. The predicted molar refractivity (Wildman–Crippen MR) is 71.1 cm³/mol. The van der Waals surface area contributed by atoms with Crippen molar-refractivity contribution in [3.63, 3.8) is 0 Å². The van der Waals surface area contributed by atoms with Crippen molar-refractivity contribution in [3.8, 4) is 11.1 Å². The Morgan fingerprint density at radius 3 is 2.65 bits per heavy atom. The summed E-state index contributed by atoms with van der Waals surface area (Å²) in [6.07, 6.45) is 1.01. The molecule has 0 aliphatic heterocycles. The van der Waals surface area contributed by atoms with E-state index in [1.165, 1.54) is 22.3 Å². The molecule has 0 unspecified atom stereocenters. The lowest BCUT2D eigenvalue weighted by molar-refractivity contribution is 1.23. The molecule has 17 heavy (non-hydrogen) atoms. The van der Waals surface area contributed by atoms with Crippen LogP contribution in [0.4, 0.5) is 0 Å². The Kier molecular flexibility index (Phi) is 2.22. The highest BCUT2D eigenvalue weighted by atomic mass is 15.1. The lowest BCUT2D eigenvalue weighted by Gasteiger charge is -2.04. The molecule has 0 saturated heterocycles. The summed E-state index contributed by atoms with van der Waals surface area (Å²) in [5.41, 5.74) is 7.46. The average Bonchev–Trinajstić information content (AvgIpc) is 2.75. The minimum Gasteiger partial charge on any atom is -0.323 e. The van der Waals surface area contributed by atoms with E-state index in [0.717, 1.165) is 17.7 Å². The zero-order valence-electron chi connectivity index (χ0n) is 9.77. The molecule has 0 aromatic heterocycles. The maximum absolute atomic E-state index is 5.32. The first kappa shape index (κ1) is 10.1. The summed E-state index contributed by atoms with van der Waals surface area (Å²) < 4.78 is 0. The van der Waals surface area contributed by atoms with Gasteiger partial charge in [0.05, 0.1) is 5.71 Å². The molecule has 0 spiro atoms. The van der Waals surface area contributed by atoms with E-state index in [-0.39, 0.29) is 0 Å². The Bertz CT molecular complexity index is 612. The fourth-order valence-corrected chi connectivity index (χ4v) is 2.44. The number of hydrogen-bond acceptors (Lipinski definition) is 2. The Labute approximate surface area is 101 Å². The fraction of sp³-hybridized carbons (Fsp3) is 0.133. The first-order chi connectivity index (χ1) is 8.29. The SMILES string of the molecule is C/C(=N\N)c1ccc2c(c1)Cc1ccccc1-2. The third-order valence-corrected chi connectivity index (χ3v) is 3.41. The van der Waals surface area contributed by atoms with E-state index in [1.807, 2.05) is 6.92 Å². The van der Waals surface area contributed by atoms with Gasteiger partial charge in [0.15, 0.2) is 0 Å². The number of rotatable bonds is 1. The van der Waals surface area contributed by atoms with Gasteiger partial charge in [0.2, 0.25) is 0 Å². The van der Waals surface area contributed by atoms with Gasteiger partial charge in [0.1, 0.15) is 0 Å². The summed E-state index contributed by atoms with van der Waals surface area (Å²) in [5, 5.41) is 3.75. The Hall–Kier alpha value is -2.09. The predicted octanol–water partition coefficient (Wildman–Crippen LogP) is 2.94. The zero-order chi connectivity index (χ0) is 11.8. The Morgan fingerprint density at radius 1 is 1.06 bits per heavy atom. The van der Waals surface area contributed by atoms with Crippen LogP contribution in [0.15, 0.2) is 47.6 Å². The van der Waals surface area contributed by atoms with Gasteiger partial charge in [-0.1, -0.05) is 36.4 Å². The Morgan fingerprint density at radius 2 is 1.82 bits per heavy atom. The van der Waals surface area contributed by atoms with Crippen molar-refractivity contribution in [1.82, 2.24) is 0 Å². The van der Waals surface area contributed by atoms with Gasteiger partial charge in [-0.25, -0.2) is 0 Å². The van der Waals surface area contributed by atoms with Gasteiger partial charge in [-0.15, -0.1) is 0 Å². The van der Waals surface area contributed by atoms with Crippen molar-refractivity contribution in [2.45, 2.75) is 13.3 Å². The molecule has 0 atom stereocenters. The molecular formula is C15H14N2.